The van der Waals surface area contributed by atoms with Crippen LogP contribution in [0.25, 0.3) is 0 Å². The third kappa shape index (κ3) is 3.80. The molecule has 0 radical (unpaired) electrons. The highest BCUT2D eigenvalue weighted by Crippen LogP contribution is 2.23. The minimum absolute atomic E-state index is 0.668. The van der Waals surface area contributed by atoms with Gasteiger partial charge in [-0.15, -0.1) is 0 Å². The zero-order chi connectivity index (χ0) is 14.4. The Labute approximate surface area is 127 Å². The molecule has 1 aromatic carbocycles. The number of nitrogens with one attached hydrogen (secondary N) is 1. The first-order valence-electron chi connectivity index (χ1n) is 6.64. The molecule has 0 aliphatic heterocycles. The van der Waals surface area contributed by atoms with Crippen molar-refractivity contribution in [1.82, 2.24) is 20.1 Å². The second kappa shape index (κ2) is 7.40. The predicted octanol–water partition coefficient (Wildman–Crippen LogP) is 2.60. The Balaban J connectivity index is 2.12. The number of benzene rings is 1. The quantitative estimate of drug-likeness (QED) is 0.788. The summed E-state index contributed by atoms with van der Waals surface area (Å²) in [6.07, 6.45) is 2.70. The summed E-state index contributed by atoms with van der Waals surface area (Å²) >= 11 is 3.56. The van der Waals surface area contributed by atoms with Gasteiger partial charge in [-0.2, -0.15) is 5.10 Å². The molecule has 2 rings (SSSR count). The van der Waals surface area contributed by atoms with E-state index in [4.69, 9.17) is 4.74 Å². The van der Waals surface area contributed by atoms with Crippen molar-refractivity contribution in [2.75, 3.05) is 13.7 Å². The van der Waals surface area contributed by atoms with E-state index in [2.05, 4.69) is 38.3 Å². The van der Waals surface area contributed by atoms with Crippen LogP contribution in [0.3, 0.4) is 0 Å². The zero-order valence-electron chi connectivity index (χ0n) is 11.8. The number of hydrogen-bond donors (Lipinski definition) is 1. The molecule has 6 heteroatoms. The molecule has 0 atom stereocenters. The van der Waals surface area contributed by atoms with E-state index >= 15 is 0 Å². The molecule has 5 nitrogen and oxygen atoms in total. The van der Waals surface area contributed by atoms with Crippen LogP contribution < -0.4 is 10.1 Å². The van der Waals surface area contributed by atoms with E-state index in [-0.39, 0.29) is 0 Å². The lowest BCUT2D eigenvalue weighted by molar-refractivity contribution is 0.414. The number of rotatable bonds is 7. The van der Waals surface area contributed by atoms with Crippen LogP contribution in [0.1, 0.15) is 24.7 Å². The summed E-state index contributed by atoms with van der Waals surface area (Å²) in [6, 6.07) is 5.92. The van der Waals surface area contributed by atoms with Gasteiger partial charge < -0.3 is 10.1 Å². The summed E-state index contributed by atoms with van der Waals surface area (Å²) in [4.78, 5) is 4.30. The fourth-order valence-corrected chi connectivity index (χ4v) is 2.27. The molecule has 0 aliphatic carbocycles. The Morgan fingerprint density at radius 3 is 3.00 bits per heavy atom. The predicted molar refractivity (Wildman–Crippen MR) is 81.8 cm³/mol. The van der Waals surface area contributed by atoms with Crippen LogP contribution in [0.15, 0.2) is 29.0 Å². The molecule has 0 aliphatic rings. The highest BCUT2D eigenvalue weighted by molar-refractivity contribution is 9.10. The van der Waals surface area contributed by atoms with Crippen molar-refractivity contribution in [2.45, 2.75) is 26.4 Å². The average molecular weight is 339 g/mol. The maximum atomic E-state index is 5.26. The molecule has 1 heterocycles. The van der Waals surface area contributed by atoms with E-state index in [0.717, 1.165) is 41.1 Å². The summed E-state index contributed by atoms with van der Waals surface area (Å²) in [5, 5.41) is 7.63. The summed E-state index contributed by atoms with van der Waals surface area (Å²) in [5.41, 5.74) is 1.12. The number of nitrogens with zero attached hydrogens (tertiary/aromatic N) is 3. The largest absolute Gasteiger partial charge is 0.497 e. The average Bonchev–Trinajstić information content (AvgIpc) is 2.89. The minimum atomic E-state index is 0.668. The van der Waals surface area contributed by atoms with E-state index in [1.165, 1.54) is 0 Å². The third-order valence-corrected chi connectivity index (χ3v) is 3.75. The molecule has 1 aromatic heterocycles. The molecule has 0 spiro atoms. The van der Waals surface area contributed by atoms with Crippen LogP contribution in [0, 0.1) is 0 Å². The number of aromatic nitrogens is 3. The van der Waals surface area contributed by atoms with E-state index in [1.807, 2.05) is 22.9 Å². The van der Waals surface area contributed by atoms with E-state index < -0.39 is 0 Å². The maximum absolute atomic E-state index is 5.26. The highest BCUT2D eigenvalue weighted by Gasteiger charge is 2.08. The fraction of sp³-hybridized carbons (Fsp3) is 0.429. The molecule has 0 unspecified atom stereocenters. The van der Waals surface area contributed by atoms with Crippen LogP contribution in [-0.4, -0.2) is 28.4 Å². The van der Waals surface area contributed by atoms with Gasteiger partial charge in [-0.3, -0.25) is 0 Å². The van der Waals surface area contributed by atoms with Gasteiger partial charge in [0.25, 0.3) is 0 Å². The Kier molecular flexibility index (Phi) is 5.55. The van der Waals surface area contributed by atoms with E-state index in [1.54, 1.807) is 13.4 Å². The highest BCUT2D eigenvalue weighted by atomic mass is 79.9. The van der Waals surface area contributed by atoms with Crippen LogP contribution in [0.4, 0.5) is 0 Å². The van der Waals surface area contributed by atoms with Crippen molar-refractivity contribution in [3.8, 4) is 5.75 Å². The lowest BCUT2D eigenvalue weighted by Crippen LogP contribution is -2.18. The monoisotopic (exact) mass is 338 g/mol. The number of halogens is 1. The summed E-state index contributed by atoms with van der Waals surface area (Å²) < 4.78 is 8.21. The van der Waals surface area contributed by atoms with Crippen LogP contribution in [-0.2, 0) is 13.1 Å². The molecular weight excluding hydrogens is 320 g/mol. The molecule has 108 valence electrons. The first-order chi connectivity index (χ1) is 9.74. The summed E-state index contributed by atoms with van der Waals surface area (Å²) in [5.74, 6) is 1.78. The molecule has 0 fully saturated rings. The summed E-state index contributed by atoms with van der Waals surface area (Å²) in [7, 11) is 1.67. The molecule has 0 amide bonds. The van der Waals surface area contributed by atoms with Gasteiger partial charge in [-0.05, 0) is 36.7 Å². The maximum Gasteiger partial charge on any atom is 0.141 e. The second-order valence-electron chi connectivity index (χ2n) is 4.47. The van der Waals surface area contributed by atoms with Crippen molar-refractivity contribution in [1.29, 1.82) is 0 Å². The summed E-state index contributed by atoms with van der Waals surface area (Å²) in [6.45, 7) is 4.52. The molecule has 20 heavy (non-hydrogen) atoms. The lowest BCUT2D eigenvalue weighted by Gasteiger charge is -2.10. The molecule has 0 saturated carbocycles. The third-order valence-electron chi connectivity index (χ3n) is 2.98. The van der Waals surface area contributed by atoms with Gasteiger partial charge in [0.05, 0.1) is 20.2 Å². The van der Waals surface area contributed by atoms with Crippen LogP contribution in [0.5, 0.6) is 5.75 Å². The van der Waals surface area contributed by atoms with Gasteiger partial charge in [0, 0.05) is 4.47 Å². The minimum Gasteiger partial charge on any atom is -0.497 e. The Hall–Kier alpha value is -1.40. The van der Waals surface area contributed by atoms with Crippen molar-refractivity contribution >= 4 is 15.9 Å². The number of methoxy groups -OCH3 is 1. The van der Waals surface area contributed by atoms with Crippen LogP contribution in [0.2, 0.25) is 0 Å². The van der Waals surface area contributed by atoms with Crippen molar-refractivity contribution < 1.29 is 4.74 Å². The van der Waals surface area contributed by atoms with E-state index in [0.29, 0.717) is 6.54 Å². The Morgan fingerprint density at radius 2 is 2.25 bits per heavy atom. The normalized spacial score (nSPS) is 10.8. The van der Waals surface area contributed by atoms with Gasteiger partial charge in [0.1, 0.15) is 17.9 Å². The van der Waals surface area contributed by atoms with Gasteiger partial charge in [0.15, 0.2) is 0 Å². The smallest absolute Gasteiger partial charge is 0.141 e. The lowest BCUT2D eigenvalue weighted by atomic mass is 10.2. The second-order valence-corrected chi connectivity index (χ2v) is 5.32. The van der Waals surface area contributed by atoms with E-state index in [9.17, 15) is 0 Å². The first kappa shape index (κ1) is 15.0. The molecule has 0 saturated heterocycles. The standard InChI is InChI=1S/C14H19BrN4O/c1-3-6-16-8-14-17-10-18-19(14)9-11-7-12(20-2)4-5-13(11)15/h4-5,7,10,16H,3,6,8-9H2,1-2H3. The van der Waals surface area contributed by atoms with Crippen molar-refractivity contribution in [3.05, 3.63) is 40.4 Å². The van der Waals surface area contributed by atoms with Gasteiger partial charge in [-0.1, -0.05) is 22.9 Å². The number of ether oxygens (including phenoxy) is 1. The van der Waals surface area contributed by atoms with Gasteiger partial charge in [-0.25, -0.2) is 9.67 Å². The SMILES string of the molecule is CCCNCc1ncnn1Cc1cc(OC)ccc1Br. The topological polar surface area (TPSA) is 52.0 Å². The molecular formula is C14H19BrN4O. The Morgan fingerprint density at radius 1 is 1.40 bits per heavy atom. The molecule has 1 N–H and O–H groups in total. The zero-order valence-corrected chi connectivity index (χ0v) is 13.4. The van der Waals surface area contributed by atoms with Gasteiger partial charge >= 0.3 is 0 Å². The molecule has 0 bridgehead atoms. The first-order valence-corrected chi connectivity index (χ1v) is 7.43. The Bertz CT molecular complexity index is 556. The van der Waals surface area contributed by atoms with Crippen molar-refractivity contribution in [2.24, 2.45) is 0 Å². The van der Waals surface area contributed by atoms with Gasteiger partial charge in [0.2, 0.25) is 0 Å². The van der Waals surface area contributed by atoms with Crippen molar-refractivity contribution in [3.63, 3.8) is 0 Å². The number of hydrogen-bond acceptors (Lipinski definition) is 4. The fourth-order valence-electron chi connectivity index (χ4n) is 1.89. The molecule has 2 aromatic rings. The van der Waals surface area contributed by atoms with Crippen LogP contribution >= 0.6 is 15.9 Å².